The normalized spacial score (nSPS) is 15.2. The van der Waals surface area contributed by atoms with Gasteiger partial charge in [0.05, 0.1) is 13.2 Å². The standard InChI is InChI=1S/C16H20O3/c1-3-13(17)10-12-8-9-15(18-2)16(11-12)19-14-6-4-5-7-14/h3,8-9,11,14H,1,4-7,10H2,2H3. The maximum Gasteiger partial charge on any atom is 0.161 e. The first-order valence-corrected chi connectivity index (χ1v) is 6.71. The number of carbonyl (C=O) groups excluding carboxylic acids is 1. The Bertz CT molecular complexity index is 459. The van der Waals surface area contributed by atoms with Crippen LogP contribution in [0.4, 0.5) is 0 Å². The molecule has 0 N–H and O–H groups in total. The van der Waals surface area contributed by atoms with Crippen LogP contribution in [0.2, 0.25) is 0 Å². The third-order valence-electron chi connectivity index (χ3n) is 3.43. The van der Waals surface area contributed by atoms with Gasteiger partial charge in [-0.3, -0.25) is 4.79 Å². The first kappa shape index (κ1) is 13.7. The molecule has 0 radical (unpaired) electrons. The molecule has 0 aliphatic heterocycles. The number of hydrogen-bond acceptors (Lipinski definition) is 3. The van der Waals surface area contributed by atoms with E-state index in [4.69, 9.17) is 9.47 Å². The molecule has 102 valence electrons. The Labute approximate surface area is 114 Å². The molecule has 1 aliphatic rings. The Kier molecular flexibility index (Phi) is 4.61. The summed E-state index contributed by atoms with van der Waals surface area (Å²) in [4.78, 5) is 11.4. The maximum absolute atomic E-state index is 11.4. The molecule has 0 aromatic heterocycles. The fourth-order valence-corrected chi connectivity index (χ4v) is 2.38. The molecule has 0 unspecified atom stereocenters. The van der Waals surface area contributed by atoms with Crippen LogP contribution in [0.15, 0.2) is 30.9 Å². The number of allylic oxidation sites excluding steroid dienone is 1. The van der Waals surface area contributed by atoms with E-state index in [1.54, 1.807) is 7.11 Å². The summed E-state index contributed by atoms with van der Waals surface area (Å²) in [5.74, 6) is 1.47. The molecular weight excluding hydrogens is 240 g/mol. The highest BCUT2D eigenvalue weighted by Crippen LogP contribution is 2.32. The number of hydrogen-bond donors (Lipinski definition) is 0. The van der Waals surface area contributed by atoms with Gasteiger partial charge in [-0.05, 0) is 49.5 Å². The van der Waals surface area contributed by atoms with E-state index in [1.165, 1.54) is 18.9 Å². The first-order chi connectivity index (χ1) is 9.22. The van der Waals surface area contributed by atoms with Gasteiger partial charge in [-0.15, -0.1) is 0 Å². The minimum atomic E-state index is 0.0111. The van der Waals surface area contributed by atoms with E-state index < -0.39 is 0 Å². The van der Waals surface area contributed by atoms with E-state index in [1.807, 2.05) is 18.2 Å². The van der Waals surface area contributed by atoms with Gasteiger partial charge in [-0.25, -0.2) is 0 Å². The van der Waals surface area contributed by atoms with Crippen LogP contribution in [0.3, 0.4) is 0 Å². The van der Waals surface area contributed by atoms with Crippen molar-refractivity contribution in [2.75, 3.05) is 7.11 Å². The van der Waals surface area contributed by atoms with Crippen molar-refractivity contribution < 1.29 is 14.3 Å². The topological polar surface area (TPSA) is 35.5 Å². The maximum atomic E-state index is 11.4. The van der Waals surface area contributed by atoms with Crippen molar-refractivity contribution >= 4 is 5.78 Å². The summed E-state index contributed by atoms with van der Waals surface area (Å²) < 4.78 is 11.3. The van der Waals surface area contributed by atoms with E-state index in [9.17, 15) is 4.79 Å². The van der Waals surface area contributed by atoms with Crippen LogP contribution in [0.25, 0.3) is 0 Å². The average molecular weight is 260 g/mol. The molecule has 1 fully saturated rings. The summed E-state index contributed by atoms with van der Waals surface area (Å²) in [7, 11) is 1.63. The minimum absolute atomic E-state index is 0.0111. The fourth-order valence-electron chi connectivity index (χ4n) is 2.38. The van der Waals surface area contributed by atoms with E-state index in [2.05, 4.69) is 6.58 Å². The number of methoxy groups -OCH3 is 1. The molecule has 3 nitrogen and oxygen atoms in total. The Morgan fingerprint density at radius 2 is 2.11 bits per heavy atom. The van der Waals surface area contributed by atoms with Crippen LogP contribution < -0.4 is 9.47 Å². The second-order valence-electron chi connectivity index (χ2n) is 4.86. The quantitative estimate of drug-likeness (QED) is 0.736. The molecule has 0 amide bonds. The summed E-state index contributed by atoms with van der Waals surface area (Å²) in [6.07, 6.45) is 6.62. The monoisotopic (exact) mass is 260 g/mol. The van der Waals surface area contributed by atoms with Crippen molar-refractivity contribution in [2.24, 2.45) is 0 Å². The minimum Gasteiger partial charge on any atom is -0.493 e. The Morgan fingerprint density at radius 3 is 2.74 bits per heavy atom. The Balaban J connectivity index is 2.15. The van der Waals surface area contributed by atoms with E-state index in [0.717, 1.165) is 29.9 Å². The van der Waals surface area contributed by atoms with Gasteiger partial charge in [0.1, 0.15) is 0 Å². The molecule has 1 aromatic carbocycles. The van der Waals surface area contributed by atoms with Crippen LogP contribution >= 0.6 is 0 Å². The lowest BCUT2D eigenvalue weighted by Crippen LogP contribution is -2.12. The Hall–Kier alpha value is -1.77. The van der Waals surface area contributed by atoms with Crippen LogP contribution in [-0.2, 0) is 11.2 Å². The molecule has 0 atom stereocenters. The van der Waals surface area contributed by atoms with Crippen LogP contribution in [0.1, 0.15) is 31.2 Å². The van der Waals surface area contributed by atoms with Crippen molar-refractivity contribution in [2.45, 2.75) is 38.2 Å². The fraction of sp³-hybridized carbons (Fsp3) is 0.438. The molecule has 0 spiro atoms. The number of ketones is 1. The summed E-state index contributed by atoms with van der Waals surface area (Å²) >= 11 is 0. The summed E-state index contributed by atoms with van der Waals surface area (Å²) in [6, 6.07) is 5.65. The molecule has 19 heavy (non-hydrogen) atoms. The SMILES string of the molecule is C=CC(=O)Cc1ccc(OC)c(OC2CCCC2)c1. The van der Waals surface area contributed by atoms with E-state index in [-0.39, 0.29) is 11.9 Å². The molecule has 0 bridgehead atoms. The lowest BCUT2D eigenvalue weighted by molar-refractivity contribution is -0.114. The van der Waals surface area contributed by atoms with Gasteiger partial charge in [0.15, 0.2) is 17.3 Å². The predicted molar refractivity (Wildman–Crippen MR) is 74.8 cm³/mol. The highest BCUT2D eigenvalue weighted by Gasteiger charge is 2.18. The van der Waals surface area contributed by atoms with Gasteiger partial charge in [-0.2, -0.15) is 0 Å². The molecule has 3 heteroatoms. The lowest BCUT2D eigenvalue weighted by Gasteiger charge is -2.16. The van der Waals surface area contributed by atoms with Crippen molar-refractivity contribution in [3.63, 3.8) is 0 Å². The van der Waals surface area contributed by atoms with Crippen LogP contribution in [0, 0.1) is 0 Å². The summed E-state index contributed by atoms with van der Waals surface area (Å²) in [6.45, 7) is 3.49. The molecular formula is C16H20O3. The zero-order chi connectivity index (χ0) is 13.7. The third kappa shape index (κ3) is 3.60. The molecule has 1 saturated carbocycles. The largest absolute Gasteiger partial charge is 0.493 e. The van der Waals surface area contributed by atoms with Crippen LogP contribution in [-0.4, -0.2) is 19.0 Å². The number of benzene rings is 1. The molecule has 2 rings (SSSR count). The van der Waals surface area contributed by atoms with Crippen molar-refractivity contribution in [3.8, 4) is 11.5 Å². The van der Waals surface area contributed by atoms with Gasteiger partial charge < -0.3 is 9.47 Å². The first-order valence-electron chi connectivity index (χ1n) is 6.71. The summed E-state index contributed by atoms with van der Waals surface area (Å²) in [5, 5.41) is 0. The second kappa shape index (κ2) is 6.41. The molecule has 0 saturated heterocycles. The molecule has 1 aromatic rings. The van der Waals surface area contributed by atoms with Gasteiger partial charge in [0, 0.05) is 6.42 Å². The summed E-state index contributed by atoms with van der Waals surface area (Å²) in [5.41, 5.74) is 0.929. The highest BCUT2D eigenvalue weighted by atomic mass is 16.5. The molecule has 1 aliphatic carbocycles. The van der Waals surface area contributed by atoms with Crippen molar-refractivity contribution in [1.29, 1.82) is 0 Å². The third-order valence-corrected chi connectivity index (χ3v) is 3.43. The zero-order valence-corrected chi connectivity index (χ0v) is 11.4. The number of rotatable bonds is 6. The van der Waals surface area contributed by atoms with E-state index >= 15 is 0 Å². The van der Waals surface area contributed by atoms with Crippen LogP contribution in [0.5, 0.6) is 11.5 Å². The van der Waals surface area contributed by atoms with Gasteiger partial charge >= 0.3 is 0 Å². The Morgan fingerprint density at radius 1 is 1.37 bits per heavy atom. The highest BCUT2D eigenvalue weighted by molar-refractivity contribution is 5.90. The second-order valence-corrected chi connectivity index (χ2v) is 4.86. The van der Waals surface area contributed by atoms with Gasteiger partial charge in [-0.1, -0.05) is 12.6 Å². The van der Waals surface area contributed by atoms with Gasteiger partial charge in [0.2, 0.25) is 0 Å². The smallest absolute Gasteiger partial charge is 0.161 e. The predicted octanol–water partition coefficient (Wildman–Crippen LogP) is 3.31. The van der Waals surface area contributed by atoms with Gasteiger partial charge in [0.25, 0.3) is 0 Å². The number of carbonyl (C=O) groups is 1. The van der Waals surface area contributed by atoms with Crippen molar-refractivity contribution in [3.05, 3.63) is 36.4 Å². The molecule has 0 heterocycles. The lowest BCUT2D eigenvalue weighted by atomic mass is 10.1. The average Bonchev–Trinajstić information content (AvgIpc) is 2.92. The van der Waals surface area contributed by atoms with Crippen molar-refractivity contribution in [1.82, 2.24) is 0 Å². The van der Waals surface area contributed by atoms with E-state index in [0.29, 0.717) is 6.42 Å². The number of ether oxygens (including phenoxy) is 2. The zero-order valence-electron chi connectivity index (χ0n) is 11.4.